The van der Waals surface area contributed by atoms with Crippen LogP contribution in [0.1, 0.15) is 42.4 Å². The molecule has 0 aliphatic carbocycles. The zero-order chi connectivity index (χ0) is 14.5. The van der Waals surface area contributed by atoms with E-state index in [1.54, 1.807) is 12.1 Å². The Morgan fingerprint density at radius 3 is 1.95 bits per heavy atom. The van der Waals surface area contributed by atoms with E-state index in [1.165, 1.54) is 17.7 Å². The number of aliphatic hydroxyl groups is 1. The van der Waals surface area contributed by atoms with Gasteiger partial charge in [0.05, 0.1) is 6.61 Å². The molecule has 0 saturated carbocycles. The van der Waals surface area contributed by atoms with Crippen LogP contribution >= 0.6 is 0 Å². The first-order valence-corrected chi connectivity index (χ1v) is 7.05. The largest absolute Gasteiger partial charge is 0.396 e. The van der Waals surface area contributed by atoms with Crippen LogP contribution in [0.4, 0.5) is 4.39 Å². The van der Waals surface area contributed by atoms with Gasteiger partial charge in [-0.2, -0.15) is 0 Å². The van der Waals surface area contributed by atoms with E-state index in [1.807, 2.05) is 0 Å². The SMILES string of the molecule is CC(C)c1ccc(C(CO)Cc2ccc(F)cc2)cc1. The second kappa shape index (κ2) is 6.67. The van der Waals surface area contributed by atoms with E-state index in [0.29, 0.717) is 5.92 Å². The molecule has 0 fully saturated rings. The van der Waals surface area contributed by atoms with Crippen LogP contribution in [0.15, 0.2) is 48.5 Å². The van der Waals surface area contributed by atoms with Crippen LogP contribution in [0, 0.1) is 5.82 Å². The van der Waals surface area contributed by atoms with Crippen LogP contribution in [0.3, 0.4) is 0 Å². The molecule has 0 spiro atoms. The van der Waals surface area contributed by atoms with Gasteiger partial charge in [0.25, 0.3) is 0 Å². The molecule has 0 heterocycles. The average Bonchev–Trinajstić information content (AvgIpc) is 2.47. The molecule has 1 atom stereocenters. The van der Waals surface area contributed by atoms with Crippen molar-refractivity contribution in [1.29, 1.82) is 0 Å². The molecule has 2 rings (SSSR count). The molecule has 0 radical (unpaired) electrons. The number of halogens is 1. The Morgan fingerprint density at radius 1 is 0.900 bits per heavy atom. The third-order valence-electron chi connectivity index (χ3n) is 3.69. The van der Waals surface area contributed by atoms with E-state index in [0.717, 1.165) is 17.5 Å². The summed E-state index contributed by atoms with van der Waals surface area (Å²) in [6.07, 6.45) is 0.720. The number of rotatable bonds is 5. The molecule has 0 aliphatic heterocycles. The topological polar surface area (TPSA) is 20.2 Å². The van der Waals surface area contributed by atoms with Crippen LogP contribution < -0.4 is 0 Å². The standard InChI is InChI=1S/C18H21FO/c1-13(2)15-5-7-16(8-6-15)17(12-20)11-14-3-9-18(19)10-4-14/h3-10,13,17,20H,11-12H2,1-2H3. The van der Waals surface area contributed by atoms with Gasteiger partial charge in [-0.1, -0.05) is 50.2 Å². The smallest absolute Gasteiger partial charge is 0.123 e. The highest BCUT2D eigenvalue weighted by atomic mass is 19.1. The Kier molecular flexibility index (Phi) is 4.91. The Bertz CT molecular complexity index is 528. The van der Waals surface area contributed by atoms with Crippen molar-refractivity contribution in [3.8, 4) is 0 Å². The summed E-state index contributed by atoms with van der Waals surface area (Å²) in [5, 5.41) is 9.60. The lowest BCUT2D eigenvalue weighted by atomic mass is 9.91. The first kappa shape index (κ1) is 14.7. The minimum absolute atomic E-state index is 0.0571. The third-order valence-corrected chi connectivity index (χ3v) is 3.69. The predicted octanol–water partition coefficient (Wildman–Crippen LogP) is 4.27. The van der Waals surface area contributed by atoms with E-state index in [2.05, 4.69) is 38.1 Å². The molecule has 2 heteroatoms. The van der Waals surface area contributed by atoms with Crippen LogP contribution in [-0.4, -0.2) is 11.7 Å². The monoisotopic (exact) mass is 272 g/mol. The van der Waals surface area contributed by atoms with E-state index >= 15 is 0 Å². The van der Waals surface area contributed by atoms with Gasteiger partial charge in [0.1, 0.15) is 5.82 Å². The van der Waals surface area contributed by atoms with E-state index in [4.69, 9.17) is 0 Å². The summed E-state index contributed by atoms with van der Waals surface area (Å²) in [6, 6.07) is 14.9. The Balaban J connectivity index is 2.13. The van der Waals surface area contributed by atoms with Gasteiger partial charge >= 0.3 is 0 Å². The van der Waals surface area contributed by atoms with Crippen molar-refractivity contribution in [2.24, 2.45) is 0 Å². The molecule has 0 amide bonds. The summed E-state index contributed by atoms with van der Waals surface area (Å²) >= 11 is 0. The zero-order valence-electron chi connectivity index (χ0n) is 12.0. The van der Waals surface area contributed by atoms with Crippen LogP contribution in [0.5, 0.6) is 0 Å². The highest BCUT2D eigenvalue weighted by Gasteiger charge is 2.12. The zero-order valence-corrected chi connectivity index (χ0v) is 12.0. The van der Waals surface area contributed by atoms with Gasteiger partial charge in [0.2, 0.25) is 0 Å². The predicted molar refractivity (Wildman–Crippen MR) is 80.5 cm³/mol. The van der Waals surface area contributed by atoms with E-state index in [-0.39, 0.29) is 18.3 Å². The maximum Gasteiger partial charge on any atom is 0.123 e. The summed E-state index contributed by atoms with van der Waals surface area (Å²) < 4.78 is 12.9. The summed E-state index contributed by atoms with van der Waals surface area (Å²) in [5.41, 5.74) is 3.46. The van der Waals surface area contributed by atoms with E-state index in [9.17, 15) is 9.50 Å². The molecule has 0 bridgehead atoms. The van der Waals surface area contributed by atoms with Gasteiger partial charge < -0.3 is 5.11 Å². The van der Waals surface area contributed by atoms with Crippen molar-refractivity contribution in [1.82, 2.24) is 0 Å². The molecule has 106 valence electrons. The Morgan fingerprint density at radius 2 is 1.45 bits per heavy atom. The summed E-state index contributed by atoms with van der Waals surface area (Å²) in [6.45, 7) is 4.42. The Hall–Kier alpha value is -1.67. The quantitative estimate of drug-likeness (QED) is 0.862. The molecule has 1 nitrogen and oxygen atoms in total. The number of benzene rings is 2. The lowest BCUT2D eigenvalue weighted by Gasteiger charge is -2.16. The normalized spacial score (nSPS) is 12.7. The van der Waals surface area contributed by atoms with Gasteiger partial charge in [-0.05, 0) is 41.2 Å². The van der Waals surface area contributed by atoms with Crippen LogP contribution in [0.2, 0.25) is 0 Å². The summed E-state index contributed by atoms with van der Waals surface area (Å²) in [7, 11) is 0. The lowest BCUT2D eigenvalue weighted by molar-refractivity contribution is 0.264. The van der Waals surface area contributed by atoms with Crippen molar-refractivity contribution in [2.75, 3.05) is 6.61 Å². The molecule has 1 N–H and O–H groups in total. The fourth-order valence-electron chi connectivity index (χ4n) is 2.35. The van der Waals surface area contributed by atoms with E-state index < -0.39 is 0 Å². The first-order chi connectivity index (χ1) is 9.60. The summed E-state index contributed by atoms with van der Waals surface area (Å²) in [4.78, 5) is 0. The second-order valence-electron chi connectivity index (χ2n) is 5.53. The van der Waals surface area contributed by atoms with Gasteiger partial charge in [0, 0.05) is 5.92 Å². The number of aliphatic hydroxyl groups excluding tert-OH is 1. The van der Waals surface area contributed by atoms with Gasteiger partial charge in [-0.15, -0.1) is 0 Å². The molecular formula is C18H21FO. The van der Waals surface area contributed by atoms with Crippen molar-refractivity contribution in [3.05, 3.63) is 71.0 Å². The fourth-order valence-corrected chi connectivity index (χ4v) is 2.35. The minimum Gasteiger partial charge on any atom is -0.396 e. The van der Waals surface area contributed by atoms with Crippen molar-refractivity contribution < 1.29 is 9.50 Å². The third kappa shape index (κ3) is 3.67. The van der Waals surface area contributed by atoms with Crippen LogP contribution in [0.25, 0.3) is 0 Å². The number of hydrogen-bond acceptors (Lipinski definition) is 1. The minimum atomic E-state index is -0.226. The van der Waals surface area contributed by atoms with Gasteiger partial charge in [0.15, 0.2) is 0 Å². The number of hydrogen-bond donors (Lipinski definition) is 1. The second-order valence-corrected chi connectivity index (χ2v) is 5.53. The lowest BCUT2D eigenvalue weighted by Crippen LogP contribution is -2.08. The maximum absolute atomic E-state index is 12.9. The Labute approximate surface area is 120 Å². The summed E-state index contributed by atoms with van der Waals surface area (Å²) in [5.74, 6) is 0.339. The molecule has 1 unspecified atom stereocenters. The maximum atomic E-state index is 12.9. The van der Waals surface area contributed by atoms with Crippen LogP contribution in [-0.2, 0) is 6.42 Å². The molecular weight excluding hydrogens is 251 g/mol. The molecule has 20 heavy (non-hydrogen) atoms. The first-order valence-electron chi connectivity index (χ1n) is 7.05. The highest BCUT2D eigenvalue weighted by molar-refractivity contribution is 5.29. The molecule has 0 saturated heterocycles. The molecule has 2 aromatic rings. The molecule has 0 aromatic heterocycles. The highest BCUT2D eigenvalue weighted by Crippen LogP contribution is 2.23. The molecule has 2 aromatic carbocycles. The van der Waals surface area contributed by atoms with Crippen molar-refractivity contribution in [3.63, 3.8) is 0 Å². The van der Waals surface area contributed by atoms with Crippen molar-refractivity contribution in [2.45, 2.75) is 32.1 Å². The fraction of sp³-hybridized carbons (Fsp3) is 0.333. The van der Waals surface area contributed by atoms with Crippen molar-refractivity contribution >= 4 is 0 Å². The average molecular weight is 272 g/mol. The van der Waals surface area contributed by atoms with Gasteiger partial charge in [-0.25, -0.2) is 4.39 Å². The van der Waals surface area contributed by atoms with Gasteiger partial charge in [-0.3, -0.25) is 0 Å². The molecule has 0 aliphatic rings.